The Bertz CT molecular complexity index is 1300. The fourth-order valence-electron chi connectivity index (χ4n) is 4.32. The smallest absolute Gasteiger partial charge is 0.225 e. The lowest BCUT2D eigenvalue weighted by Gasteiger charge is -2.32. The minimum Gasteiger partial charge on any atom is -0.497 e. The van der Waals surface area contributed by atoms with Crippen molar-refractivity contribution in [2.45, 2.75) is 71.9 Å². The van der Waals surface area contributed by atoms with Crippen LogP contribution in [-0.2, 0) is 16.1 Å². The van der Waals surface area contributed by atoms with Crippen molar-refractivity contribution in [3.05, 3.63) is 48.2 Å². The Morgan fingerprint density at radius 3 is 2.56 bits per heavy atom. The molecule has 0 amide bonds. The number of anilines is 2. The lowest BCUT2D eigenvalue weighted by atomic mass is 9.89. The molecule has 0 bridgehead atoms. The molecule has 3 rings (SSSR count). The Morgan fingerprint density at radius 2 is 1.90 bits per heavy atom. The zero-order chi connectivity index (χ0) is 28.4. The molecule has 0 aliphatic carbocycles. The number of hydrogen-bond acceptors (Lipinski definition) is 9. The van der Waals surface area contributed by atoms with E-state index in [9.17, 15) is 4.79 Å². The first kappa shape index (κ1) is 29.7. The van der Waals surface area contributed by atoms with Gasteiger partial charge < -0.3 is 29.6 Å². The molecule has 0 spiro atoms. The van der Waals surface area contributed by atoms with E-state index in [1.807, 2.05) is 31.2 Å². The van der Waals surface area contributed by atoms with Gasteiger partial charge >= 0.3 is 0 Å². The number of methoxy groups -OCH3 is 2. The highest BCUT2D eigenvalue weighted by Gasteiger charge is 2.26. The number of ketones is 1. The summed E-state index contributed by atoms with van der Waals surface area (Å²) in [7, 11) is 3.25. The quantitative estimate of drug-likeness (QED) is 0.202. The summed E-state index contributed by atoms with van der Waals surface area (Å²) in [5.74, 6) is 3.17. The number of hydrogen-bond donors (Lipinski definition) is 2. The van der Waals surface area contributed by atoms with Crippen LogP contribution in [0.5, 0.6) is 11.5 Å². The maximum Gasteiger partial charge on any atom is 0.225 e. The molecule has 0 aliphatic rings. The van der Waals surface area contributed by atoms with Crippen LogP contribution < -0.4 is 20.1 Å². The molecule has 1 atom stereocenters. The van der Waals surface area contributed by atoms with Crippen LogP contribution in [0.2, 0.25) is 0 Å². The number of carbonyl (C=O) groups excluding carboxylic acids is 1. The summed E-state index contributed by atoms with van der Waals surface area (Å²) in [5, 5.41) is 6.98. The summed E-state index contributed by atoms with van der Waals surface area (Å²) < 4.78 is 16.5. The topological polar surface area (TPSA) is 107 Å². The lowest BCUT2D eigenvalue weighted by molar-refractivity contribution is -0.117. The zero-order valence-electron chi connectivity index (χ0n) is 24.0. The lowest BCUT2D eigenvalue weighted by Crippen LogP contribution is -2.36. The summed E-state index contributed by atoms with van der Waals surface area (Å²) in [6, 6.07) is 7.58. The number of aromatic nitrogens is 3. The molecule has 9 heteroatoms. The number of benzene rings is 1. The molecular formula is C30H41N5O4. The molecule has 9 nitrogen and oxygen atoms in total. The minimum atomic E-state index is -0.339. The summed E-state index contributed by atoms with van der Waals surface area (Å²) in [4.78, 5) is 26.1. The van der Waals surface area contributed by atoms with Crippen molar-refractivity contribution < 1.29 is 19.0 Å². The molecule has 0 saturated carbocycles. The number of fused-ring (bicyclic) bond motifs is 1. The van der Waals surface area contributed by atoms with Crippen LogP contribution in [0, 0.1) is 0 Å². The summed E-state index contributed by atoms with van der Waals surface area (Å²) in [6.45, 7) is 12.8. The molecular weight excluding hydrogens is 494 g/mol. The maximum atomic E-state index is 11.8. The third-order valence-electron chi connectivity index (χ3n) is 6.64. The van der Waals surface area contributed by atoms with Crippen molar-refractivity contribution >= 4 is 34.3 Å². The number of pyridine rings is 1. The van der Waals surface area contributed by atoms with E-state index in [2.05, 4.69) is 31.1 Å². The van der Waals surface area contributed by atoms with E-state index in [1.165, 1.54) is 0 Å². The first-order valence-electron chi connectivity index (χ1n) is 13.4. The molecule has 2 N–H and O–H groups in total. The summed E-state index contributed by atoms with van der Waals surface area (Å²) in [6.07, 6.45) is 5.89. The van der Waals surface area contributed by atoms with Crippen LogP contribution in [0.3, 0.4) is 0 Å². The maximum absolute atomic E-state index is 11.8. The first-order chi connectivity index (χ1) is 18.7. The fraction of sp³-hybridized carbons (Fsp3) is 0.467. The largest absolute Gasteiger partial charge is 0.497 e. The number of unbranched alkanes of at least 4 members (excludes halogenated alkanes) is 1. The molecule has 0 radical (unpaired) electrons. The average Bonchev–Trinajstić information content (AvgIpc) is 2.93. The molecule has 0 aliphatic heterocycles. The number of carbonyl (C=O) groups is 1. The number of ether oxygens (including phenoxy) is 3. The van der Waals surface area contributed by atoms with Gasteiger partial charge in [0.15, 0.2) is 5.82 Å². The second-order valence-corrected chi connectivity index (χ2v) is 9.87. The SMILES string of the molecule is C=C(OCC)c1cnc2c(N[C@](C)(CCCC)CCC(C)=O)nc(NCc3ccc(OC)cc3OC)nc2c1. The van der Waals surface area contributed by atoms with Gasteiger partial charge in [0, 0.05) is 41.9 Å². The van der Waals surface area contributed by atoms with Crippen LogP contribution in [-0.4, -0.2) is 47.1 Å². The molecule has 0 fully saturated rings. The summed E-state index contributed by atoms with van der Waals surface area (Å²) in [5.41, 5.74) is 2.64. The van der Waals surface area contributed by atoms with Gasteiger partial charge in [-0.1, -0.05) is 26.3 Å². The molecule has 1 aromatic carbocycles. The predicted octanol–water partition coefficient (Wildman–Crippen LogP) is 6.39. The number of rotatable bonds is 16. The van der Waals surface area contributed by atoms with Gasteiger partial charge in [0.2, 0.25) is 5.95 Å². The van der Waals surface area contributed by atoms with Crippen molar-refractivity contribution in [2.75, 3.05) is 31.5 Å². The second-order valence-electron chi connectivity index (χ2n) is 9.87. The van der Waals surface area contributed by atoms with Crippen molar-refractivity contribution in [3.63, 3.8) is 0 Å². The van der Waals surface area contributed by atoms with E-state index in [4.69, 9.17) is 29.2 Å². The molecule has 2 aromatic heterocycles. The van der Waals surface area contributed by atoms with E-state index in [0.29, 0.717) is 66.1 Å². The van der Waals surface area contributed by atoms with Gasteiger partial charge in [-0.05, 0) is 51.8 Å². The average molecular weight is 536 g/mol. The van der Waals surface area contributed by atoms with Crippen LogP contribution in [0.15, 0.2) is 37.0 Å². The Balaban J connectivity index is 2.02. The second kappa shape index (κ2) is 13.8. The third-order valence-corrected chi connectivity index (χ3v) is 6.64. The van der Waals surface area contributed by atoms with Crippen LogP contribution in [0.4, 0.5) is 11.8 Å². The van der Waals surface area contributed by atoms with Crippen molar-refractivity contribution in [2.24, 2.45) is 0 Å². The van der Waals surface area contributed by atoms with E-state index >= 15 is 0 Å². The fourth-order valence-corrected chi connectivity index (χ4v) is 4.32. The number of nitrogens with zero attached hydrogens (tertiary/aromatic N) is 3. The number of nitrogens with one attached hydrogen (secondary N) is 2. The highest BCUT2D eigenvalue weighted by molar-refractivity contribution is 5.88. The van der Waals surface area contributed by atoms with E-state index in [0.717, 1.165) is 30.4 Å². The highest BCUT2D eigenvalue weighted by Crippen LogP contribution is 2.31. The molecule has 0 unspecified atom stereocenters. The first-order valence-corrected chi connectivity index (χ1v) is 13.4. The third kappa shape index (κ3) is 8.05. The minimum absolute atomic E-state index is 0.167. The van der Waals surface area contributed by atoms with E-state index in [1.54, 1.807) is 27.3 Å². The van der Waals surface area contributed by atoms with Crippen molar-refractivity contribution in [1.29, 1.82) is 0 Å². The van der Waals surface area contributed by atoms with Gasteiger partial charge in [0.25, 0.3) is 0 Å². The summed E-state index contributed by atoms with van der Waals surface area (Å²) >= 11 is 0. The van der Waals surface area contributed by atoms with Gasteiger partial charge in [0.05, 0.1) is 26.3 Å². The van der Waals surface area contributed by atoms with Crippen LogP contribution in [0.25, 0.3) is 16.8 Å². The normalized spacial score (nSPS) is 12.5. The van der Waals surface area contributed by atoms with Crippen LogP contribution in [0.1, 0.15) is 70.9 Å². The molecule has 210 valence electrons. The van der Waals surface area contributed by atoms with Gasteiger partial charge in [-0.25, -0.2) is 9.97 Å². The number of Topliss-reactive ketones (excluding diaryl/α,β-unsaturated/α-hetero) is 1. The molecule has 2 heterocycles. The predicted molar refractivity (Wildman–Crippen MR) is 156 cm³/mol. The highest BCUT2D eigenvalue weighted by atomic mass is 16.5. The Hall–Kier alpha value is -3.88. The Labute approximate surface area is 231 Å². The monoisotopic (exact) mass is 535 g/mol. The zero-order valence-corrected chi connectivity index (χ0v) is 24.0. The van der Waals surface area contributed by atoms with E-state index in [-0.39, 0.29) is 11.3 Å². The molecule has 3 aromatic rings. The standard InChI is InChI=1S/C30H41N5O4/c1-8-10-14-30(5,15-13-20(3)36)35-28-27-25(16-23(19-31-27)21(4)39-9-2)33-29(34-28)32-18-22-11-12-24(37-6)17-26(22)38-7/h11-12,16-17,19H,4,8-10,13-15,18H2,1-3,5-7H3,(H2,32,33,34,35)/t30-/m1/s1. The van der Waals surface area contributed by atoms with Crippen molar-refractivity contribution in [3.8, 4) is 11.5 Å². The molecule has 0 saturated heterocycles. The van der Waals surface area contributed by atoms with Crippen molar-refractivity contribution in [1.82, 2.24) is 15.0 Å². The van der Waals surface area contributed by atoms with Gasteiger partial charge in [0.1, 0.15) is 28.6 Å². The van der Waals surface area contributed by atoms with E-state index < -0.39 is 0 Å². The Kier molecular flexibility index (Phi) is 10.5. The van der Waals surface area contributed by atoms with Gasteiger partial charge in [-0.15, -0.1) is 0 Å². The Morgan fingerprint density at radius 1 is 1.10 bits per heavy atom. The molecule has 39 heavy (non-hydrogen) atoms. The van der Waals surface area contributed by atoms with Gasteiger partial charge in [-0.2, -0.15) is 4.98 Å². The van der Waals surface area contributed by atoms with Gasteiger partial charge in [-0.3, -0.25) is 0 Å². The van der Waals surface area contributed by atoms with Crippen LogP contribution >= 0.6 is 0 Å².